The fourth-order valence-corrected chi connectivity index (χ4v) is 6.72. The van der Waals surface area contributed by atoms with E-state index < -0.39 is 54.6 Å². The van der Waals surface area contributed by atoms with Crippen molar-refractivity contribution in [3.05, 3.63) is 35.4 Å². The Kier molecular flexibility index (Phi) is 4.70. The molecule has 0 radical (unpaired) electrons. The molecule has 180 valence electrons. The summed E-state index contributed by atoms with van der Waals surface area (Å²) in [4.78, 5) is 2.30. The van der Waals surface area contributed by atoms with Crippen molar-refractivity contribution in [3.63, 3.8) is 0 Å². The first-order valence-electron chi connectivity index (χ1n) is 11.3. The maximum atomic E-state index is 11.8. The third-order valence-electron chi connectivity index (χ3n) is 8.35. The number of rotatable bonds is 3. The minimum absolute atomic E-state index is 0.00970. The molecule has 1 aromatic carbocycles. The molecule has 2 aliphatic carbocycles. The average molecular weight is 463 g/mol. The molecule has 2 bridgehead atoms. The quantitative estimate of drug-likeness (QED) is 0.227. The number of likely N-dealkylation sites (N-methyl/N-ethyl adjacent to an activating group) is 1. The van der Waals surface area contributed by atoms with Crippen molar-refractivity contribution in [2.75, 3.05) is 20.2 Å². The lowest BCUT2D eigenvalue weighted by atomic mass is 9.52. The molecule has 0 aromatic heterocycles. The van der Waals surface area contributed by atoms with E-state index in [2.05, 4.69) is 11.9 Å². The Morgan fingerprint density at radius 3 is 2.73 bits per heavy atom. The molecule has 5 aliphatic rings. The van der Waals surface area contributed by atoms with Gasteiger partial charge in [-0.3, -0.25) is 0 Å². The second-order valence-electron chi connectivity index (χ2n) is 9.94. The van der Waals surface area contributed by atoms with Crippen LogP contribution in [0.2, 0.25) is 0 Å². The van der Waals surface area contributed by atoms with Gasteiger partial charge in [0.2, 0.25) is 5.79 Å². The van der Waals surface area contributed by atoms with Crippen molar-refractivity contribution in [2.45, 2.75) is 66.9 Å². The van der Waals surface area contributed by atoms with Gasteiger partial charge in [-0.15, -0.1) is 0 Å². The van der Waals surface area contributed by atoms with Crippen LogP contribution in [0.4, 0.5) is 0 Å². The molecule has 0 amide bonds. The molecule has 3 aliphatic heterocycles. The molecule has 6 N–H and O–H groups in total. The lowest BCUT2D eigenvalue weighted by Gasteiger charge is -2.58. The van der Waals surface area contributed by atoms with Crippen molar-refractivity contribution in [1.29, 1.82) is 0 Å². The molecule has 10 heteroatoms. The molecule has 10 atom stereocenters. The maximum absolute atomic E-state index is 11.8. The molecule has 3 heterocycles. The molecule has 1 spiro atoms. The molecule has 2 saturated heterocycles. The van der Waals surface area contributed by atoms with E-state index in [9.17, 15) is 30.6 Å². The van der Waals surface area contributed by atoms with Gasteiger partial charge in [0.25, 0.3) is 0 Å². The van der Waals surface area contributed by atoms with Crippen LogP contribution in [-0.4, -0.2) is 104 Å². The van der Waals surface area contributed by atoms with Crippen LogP contribution in [0.5, 0.6) is 11.5 Å². The molecular formula is C23H29NO9. The Hall–Kier alpha value is -1.76. The van der Waals surface area contributed by atoms with Crippen LogP contribution in [0, 0.1) is 5.92 Å². The zero-order chi connectivity index (χ0) is 23.3. The van der Waals surface area contributed by atoms with Crippen molar-refractivity contribution in [1.82, 2.24) is 4.90 Å². The molecule has 0 saturated carbocycles. The van der Waals surface area contributed by atoms with Gasteiger partial charge in [0.15, 0.2) is 23.9 Å². The van der Waals surface area contributed by atoms with Gasteiger partial charge in [0, 0.05) is 17.5 Å². The van der Waals surface area contributed by atoms with Gasteiger partial charge in [-0.25, -0.2) is 0 Å². The summed E-state index contributed by atoms with van der Waals surface area (Å²) in [5.74, 6) is -1.73. The van der Waals surface area contributed by atoms with Crippen molar-refractivity contribution in [2.24, 2.45) is 5.92 Å². The smallest absolute Gasteiger partial charge is 0.227 e. The average Bonchev–Trinajstić information content (AvgIpc) is 3.16. The van der Waals surface area contributed by atoms with Crippen molar-refractivity contribution >= 4 is 0 Å². The first-order valence-corrected chi connectivity index (χ1v) is 11.3. The van der Waals surface area contributed by atoms with Crippen LogP contribution >= 0.6 is 0 Å². The second kappa shape index (κ2) is 7.12. The highest BCUT2D eigenvalue weighted by Gasteiger charge is 2.69. The first-order chi connectivity index (χ1) is 15.7. The number of nitrogens with zero attached hydrogens (tertiary/aromatic N) is 1. The summed E-state index contributed by atoms with van der Waals surface area (Å²) >= 11 is 0. The highest BCUT2D eigenvalue weighted by Crippen LogP contribution is 2.64. The Morgan fingerprint density at radius 1 is 1.18 bits per heavy atom. The third kappa shape index (κ3) is 2.72. The molecule has 0 unspecified atom stereocenters. The van der Waals surface area contributed by atoms with Gasteiger partial charge in [-0.1, -0.05) is 12.1 Å². The van der Waals surface area contributed by atoms with Crippen LogP contribution in [0.3, 0.4) is 0 Å². The standard InChI is InChI=1S/C23H29NO9/c1-24-7-6-22-11-4-5-23(30,33-20-18(29)17(28)16(27)14(9-25)31-20)21(22)32-19-13(26)3-2-10(15(19)22)8-12(11)24/h2-5,11-12,14,16-18,20-21,25-30H,6-9H2,1H3/t11-,12+,14+,16-,17-,18+,20-,21+,22-,23+/m0/s1. The number of phenols is 1. The van der Waals surface area contributed by atoms with E-state index >= 15 is 0 Å². The zero-order valence-electron chi connectivity index (χ0n) is 18.1. The number of aromatic hydroxyl groups is 1. The summed E-state index contributed by atoms with van der Waals surface area (Å²) in [6.07, 6.45) is -3.64. The highest BCUT2D eigenvalue weighted by atomic mass is 16.8. The minimum atomic E-state index is -2.06. The number of aliphatic hydroxyl groups excluding tert-OH is 4. The number of likely N-dealkylation sites (tertiary alicyclic amines) is 1. The van der Waals surface area contributed by atoms with Crippen molar-refractivity contribution < 1.29 is 44.8 Å². The largest absolute Gasteiger partial charge is 0.504 e. The van der Waals surface area contributed by atoms with Crippen LogP contribution in [0.15, 0.2) is 24.3 Å². The Labute approximate surface area is 190 Å². The zero-order valence-corrected chi connectivity index (χ0v) is 18.1. The summed E-state index contributed by atoms with van der Waals surface area (Å²) in [5.41, 5.74) is 1.29. The van der Waals surface area contributed by atoms with Crippen LogP contribution in [0.25, 0.3) is 0 Å². The SMILES string of the molecule is CN1CC[C@]23c4c5ccc(O)c4O[C@H]2[C@](O)(O[C@@H]2O[C@H](CO)[C@H](O)[C@H](O)[C@H]2O)C=C[C@H]3[C@H]1C5. The van der Waals surface area contributed by atoms with E-state index in [0.717, 1.165) is 24.1 Å². The summed E-state index contributed by atoms with van der Waals surface area (Å²) in [7, 11) is 2.08. The summed E-state index contributed by atoms with van der Waals surface area (Å²) in [6, 6.07) is 3.68. The monoisotopic (exact) mass is 463 g/mol. The fraction of sp³-hybridized carbons (Fsp3) is 0.652. The number of piperidine rings is 1. The van der Waals surface area contributed by atoms with Gasteiger partial charge < -0.3 is 49.7 Å². The molecule has 10 nitrogen and oxygen atoms in total. The van der Waals surface area contributed by atoms with Crippen LogP contribution in [-0.2, 0) is 21.3 Å². The third-order valence-corrected chi connectivity index (χ3v) is 8.35. The van der Waals surface area contributed by atoms with Crippen LogP contribution < -0.4 is 4.74 Å². The normalized spacial score (nSPS) is 47.8. The predicted molar refractivity (Wildman–Crippen MR) is 111 cm³/mol. The summed E-state index contributed by atoms with van der Waals surface area (Å²) in [5, 5.41) is 62.6. The molecule has 2 fully saturated rings. The van der Waals surface area contributed by atoms with Crippen molar-refractivity contribution in [3.8, 4) is 11.5 Å². The Morgan fingerprint density at radius 2 is 1.97 bits per heavy atom. The minimum Gasteiger partial charge on any atom is -0.504 e. The second-order valence-corrected chi connectivity index (χ2v) is 9.94. The number of ether oxygens (including phenoxy) is 3. The van der Waals surface area contributed by atoms with E-state index in [0.29, 0.717) is 12.2 Å². The number of benzene rings is 1. The number of hydrogen-bond acceptors (Lipinski definition) is 10. The van der Waals surface area contributed by atoms with Gasteiger partial charge in [0.1, 0.15) is 24.4 Å². The predicted octanol–water partition coefficient (Wildman–Crippen LogP) is -1.66. The number of aliphatic hydroxyl groups is 5. The summed E-state index contributed by atoms with van der Waals surface area (Å²) < 4.78 is 17.6. The van der Waals surface area contributed by atoms with Crippen LogP contribution in [0.1, 0.15) is 17.5 Å². The van der Waals surface area contributed by atoms with Gasteiger partial charge >= 0.3 is 0 Å². The number of hydrogen-bond donors (Lipinski definition) is 6. The van der Waals surface area contributed by atoms with E-state index in [4.69, 9.17) is 14.2 Å². The molecule has 1 aromatic rings. The Bertz CT molecular complexity index is 1000. The first kappa shape index (κ1) is 21.8. The van der Waals surface area contributed by atoms with E-state index in [1.807, 2.05) is 12.1 Å². The van der Waals surface area contributed by atoms with Gasteiger partial charge in [0.05, 0.1) is 12.0 Å². The molecule has 33 heavy (non-hydrogen) atoms. The summed E-state index contributed by atoms with van der Waals surface area (Å²) in [6.45, 7) is 0.154. The highest BCUT2D eigenvalue weighted by molar-refractivity contribution is 5.62. The van der Waals surface area contributed by atoms with E-state index in [-0.39, 0.29) is 17.7 Å². The maximum Gasteiger partial charge on any atom is 0.227 e. The Balaban J connectivity index is 1.43. The number of phenolic OH excluding ortho intramolecular Hbond substituents is 1. The molecular weight excluding hydrogens is 434 g/mol. The van der Waals surface area contributed by atoms with E-state index in [1.54, 1.807) is 6.07 Å². The lowest BCUT2D eigenvalue weighted by Crippen LogP contribution is -2.70. The fourth-order valence-electron chi connectivity index (χ4n) is 6.72. The molecule has 6 rings (SSSR count). The van der Waals surface area contributed by atoms with E-state index in [1.165, 1.54) is 6.08 Å². The van der Waals surface area contributed by atoms with Gasteiger partial charge in [-0.05, 0) is 44.1 Å². The topological polar surface area (TPSA) is 152 Å². The lowest BCUT2D eigenvalue weighted by molar-refractivity contribution is -0.368. The van der Waals surface area contributed by atoms with Gasteiger partial charge in [-0.2, -0.15) is 0 Å².